The van der Waals surface area contributed by atoms with E-state index in [1.807, 2.05) is 30.3 Å². The van der Waals surface area contributed by atoms with Gasteiger partial charge in [-0.25, -0.2) is 0 Å². The highest BCUT2D eigenvalue weighted by Gasteiger charge is 2.19. The van der Waals surface area contributed by atoms with Crippen molar-refractivity contribution in [2.75, 3.05) is 6.54 Å². The number of carbonyl (C=O) groups excluding carboxylic acids is 3. The van der Waals surface area contributed by atoms with E-state index in [4.69, 9.17) is 5.73 Å². The number of nitrogens with one attached hydrogen (secondary N) is 2. The van der Waals surface area contributed by atoms with Gasteiger partial charge in [0.25, 0.3) is 0 Å². The molecule has 1 rings (SSSR count). The SMILES string of the molecule is CC(=O)N[C@@H](Cc1ccccc1)C(=O)NC/C=C/C(N)=O. The summed E-state index contributed by atoms with van der Waals surface area (Å²) in [7, 11) is 0. The topological polar surface area (TPSA) is 101 Å². The highest BCUT2D eigenvalue weighted by Crippen LogP contribution is 2.03. The van der Waals surface area contributed by atoms with E-state index >= 15 is 0 Å². The molecule has 0 fully saturated rings. The fourth-order valence-corrected chi connectivity index (χ4v) is 1.76. The molecule has 0 heterocycles. The first-order valence-corrected chi connectivity index (χ1v) is 6.53. The molecule has 1 aromatic carbocycles. The van der Waals surface area contributed by atoms with Gasteiger partial charge >= 0.3 is 0 Å². The van der Waals surface area contributed by atoms with Crippen LogP contribution in [-0.2, 0) is 20.8 Å². The lowest BCUT2D eigenvalue weighted by atomic mass is 10.1. The average molecular weight is 289 g/mol. The first-order valence-electron chi connectivity index (χ1n) is 6.53. The van der Waals surface area contributed by atoms with Crippen LogP contribution in [0.3, 0.4) is 0 Å². The molecule has 6 heteroatoms. The maximum Gasteiger partial charge on any atom is 0.243 e. The predicted octanol–water partition coefficient (Wildman–Crippen LogP) is -0.108. The van der Waals surface area contributed by atoms with Gasteiger partial charge in [-0.15, -0.1) is 0 Å². The van der Waals surface area contributed by atoms with Crippen LogP contribution in [0.25, 0.3) is 0 Å². The van der Waals surface area contributed by atoms with Crippen LogP contribution in [0.5, 0.6) is 0 Å². The number of hydrogen-bond donors (Lipinski definition) is 3. The van der Waals surface area contributed by atoms with Crippen molar-refractivity contribution in [3.05, 3.63) is 48.0 Å². The van der Waals surface area contributed by atoms with Gasteiger partial charge in [0.05, 0.1) is 0 Å². The standard InChI is InChI=1S/C15H19N3O3/c1-11(19)18-13(10-12-6-3-2-4-7-12)15(21)17-9-5-8-14(16)20/h2-8,13H,9-10H2,1H3,(H2,16,20)(H,17,21)(H,18,19)/b8-5+/t13-/m0/s1. The van der Waals surface area contributed by atoms with E-state index in [2.05, 4.69) is 10.6 Å². The maximum atomic E-state index is 12.1. The summed E-state index contributed by atoms with van der Waals surface area (Å²) in [6.45, 7) is 1.53. The lowest BCUT2D eigenvalue weighted by Crippen LogP contribution is -2.47. The van der Waals surface area contributed by atoms with Gasteiger partial charge < -0.3 is 16.4 Å². The van der Waals surface area contributed by atoms with Crippen LogP contribution in [0.2, 0.25) is 0 Å². The molecular formula is C15H19N3O3. The number of hydrogen-bond acceptors (Lipinski definition) is 3. The van der Waals surface area contributed by atoms with Crippen LogP contribution in [0.15, 0.2) is 42.5 Å². The van der Waals surface area contributed by atoms with Gasteiger partial charge in [-0.2, -0.15) is 0 Å². The number of rotatable bonds is 7. The summed E-state index contributed by atoms with van der Waals surface area (Å²) in [6.07, 6.45) is 3.02. The zero-order valence-electron chi connectivity index (χ0n) is 11.8. The van der Waals surface area contributed by atoms with Gasteiger partial charge in [0.1, 0.15) is 6.04 Å². The molecule has 0 aromatic heterocycles. The molecular weight excluding hydrogens is 270 g/mol. The monoisotopic (exact) mass is 289 g/mol. The lowest BCUT2D eigenvalue weighted by Gasteiger charge is -2.17. The molecule has 0 aliphatic rings. The number of amides is 3. The van der Waals surface area contributed by atoms with Crippen molar-refractivity contribution in [2.45, 2.75) is 19.4 Å². The van der Waals surface area contributed by atoms with E-state index in [0.29, 0.717) is 6.42 Å². The normalized spacial score (nSPS) is 11.9. The minimum atomic E-state index is -0.660. The summed E-state index contributed by atoms with van der Waals surface area (Å²) in [5, 5.41) is 5.23. The Hall–Kier alpha value is -2.63. The molecule has 0 aliphatic heterocycles. The van der Waals surface area contributed by atoms with Gasteiger partial charge in [-0.05, 0) is 5.56 Å². The van der Waals surface area contributed by atoms with Crippen molar-refractivity contribution in [3.8, 4) is 0 Å². The molecule has 0 aliphatic carbocycles. The van der Waals surface area contributed by atoms with E-state index in [9.17, 15) is 14.4 Å². The molecule has 112 valence electrons. The van der Waals surface area contributed by atoms with Crippen molar-refractivity contribution in [2.24, 2.45) is 5.73 Å². The highest BCUT2D eigenvalue weighted by atomic mass is 16.2. The van der Waals surface area contributed by atoms with Crippen LogP contribution in [0, 0.1) is 0 Å². The first kappa shape index (κ1) is 16.4. The van der Waals surface area contributed by atoms with Crippen molar-refractivity contribution in [1.82, 2.24) is 10.6 Å². The van der Waals surface area contributed by atoms with Crippen LogP contribution < -0.4 is 16.4 Å². The summed E-state index contributed by atoms with van der Waals surface area (Å²) in [4.78, 5) is 33.8. The Morgan fingerprint density at radius 1 is 1.24 bits per heavy atom. The van der Waals surface area contributed by atoms with Gasteiger partial charge in [-0.3, -0.25) is 14.4 Å². The molecule has 0 radical (unpaired) electrons. The zero-order valence-corrected chi connectivity index (χ0v) is 11.8. The molecule has 3 amide bonds. The number of benzene rings is 1. The summed E-state index contributed by atoms with van der Waals surface area (Å²) < 4.78 is 0. The van der Waals surface area contributed by atoms with Gasteiger partial charge in [-0.1, -0.05) is 36.4 Å². The Balaban J connectivity index is 2.62. The highest BCUT2D eigenvalue weighted by molar-refractivity contribution is 5.88. The van der Waals surface area contributed by atoms with Gasteiger partial charge in [0, 0.05) is 26.0 Å². The Morgan fingerprint density at radius 3 is 2.48 bits per heavy atom. The van der Waals surface area contributed by atoms with Crippen LogP contribution in [0.4, 0.5) is 0 Å². The second-order valence-electron chi connectivity index (χ2n) is 4.49. The second kappa shape index (κ2) is 8.52. The predicted molar refractivity (Wildman–Crippen MR) is 79.1 cm³/mol. The summed E-state index contributed by atoms with van der Waals surface area (Å²) in [5.74, 6) is -1.17. The molecule has 1 atom stereocenters. The van der Waals surface area contributed by atoms with Crippen LogP contribution in [-0.4, -0.2) is 30.3 Å². The van der Waals surface area contributed by atoms with Gasteiger partial charge in [0.15, 0.2) is 0 Å². The Kier molecular flexibility index (Phi) is 6.67. The summed E-state index contributed by atoms with van der Waals surface area (Å²) in [6, 6.07) is 8.73. The van der Waals surface area contributed by atoms with Crippen molar-refractivity contribution in [3.63, 3.8) is 0 Å². The molecule has 4 N–H and O–H groups in total. The summed E-state index contributed by atoms with van der Waals surface area (Å²) >= 11 is 0. The molecule has 1 aromatic rings. The van der Waals surface area contributed by atoms with Gasteiger partial charge in [0.2, 0.25) is 17.7 Å². The number of nitrogens with two attached hydrogens (primary N) is 1. The van der Waals surface area contributed by atoms with Crippen molar-refractivity contribution < 1.29 is 14.4 Å². The molecule has 0 saturated heterocycles. The van der Waals surface area contributed by atoms with E-state index in [0.717, 1.165) is 5.56 Å². The van der Waals surface area contributed by atoms with Crippen molar-refractivity contribution >= 4 is 17.7 Å². The van der Waals surface area contributed by atoms with E-state index < -0.39 is 11.9 Å². The molecule has 0 spiro atoms. The quantitative estimate of drug-likeness (QED) is 0.610. The molecule has 21 heavy (non-hydrogen) atoms. The third-order valence-electron chi connectivity index (χ3n) is 2.65. The van der Waals surface area contributed by atoms with E-state index in [1.54, 1.807) is 0 Å². The third-order valence-corrected chi connectivity index (χ3v) is 2.65. The number of carbonyl (C=O) groups is 3. The zero-order chi connectivity index (χ0) is 15.7. The molecule has 0 saturated carbocycles. The second-order valence-corrected chi connectivity index (χ2v) is 4.49. The molecule has 0 unspecified atom stereocenters. The molecule has 0 bridgehead atoms. The summed E-state index contributed by atoms with van der Waals surface area (Å²) in [5.41, 5.74) is 5.89. The van der Waals surface area contributed by atoms with E-state index in [1.165, 1.54) is 19.1 Å². The first-order chi connectivity index (χ1) is 9.99. The minimum absolute atomic E-state index is 0.173. The van der Waals surface area contributed by atoms with Crippen LogP contribution >= 0.6 is 0 Å². The fourth-order valence-electron chi connectivity index (χ4n) is 1.76. The smallest absolute Gasteiger partial charge is 0.243 e. The average Bonchev–Trinajstić information content (AvgIpc) is 2.43. The Labute approximate surface area is 123 Å². The minimum Gasteiger partial charge on any atom is -0.366 e. The van der Waals surface area contributed by atoms with Crippen molar-refractivity contribution in [1.29, 1.82) is 0 Å². The Morgan fingerprint density at radius 2 is 1.90 bits per heavy atom. The Bertz CT molecular complexity index is 526. The largest absolute Gasteiger partial charge is 0.366 e. The number of primary amides is 1. The van der Waals surface area contributed by atoms with Crippen LogP contribution in [0.1, 0.15) is 12.5 Å². The lowest BCUT2D eigenvalue weighted by molar-refractivity contribution is -0.127. The molecule has 6 nitrogen and oxygen atoms in total. The van der Waals surface area contributed by atoms with E-state index in [-0.39, 0.29) is 18.4 Å². The fraction of sp³-hybridized carbons (Fsp3) is 0.267. The third kappa shape index (κ3) is 6.91. The maximum absolute atomic E-state index is 12.1.